The smallest absolute Gasteiger partial charge is 0.269 e. The molecule has 0 amide bonds. The number of piperazine rings is 1. The Hall–Kier alpha value is -2.84. The highest BCUT2D eigenvalue weighted by Crippen LogP contribution is 2.31. The summed E-state index contributed by atoms with van der Waals surface area (Å²) < 4.78 is 0. The number of nitro benzene ring substituents is 2. The molecule has 0 radical (unpaired) electrons. The van der Waals surface area contributed by atoms with Crippen molar-refractivity contribution < 1.29 is 9.85 Å². The van der Waals surface area contributed by atoms with Crippen LogP contribution in [0, 0.1) is 20.2 Å². The van der Waals surface area contributed by atoms with Crippen molar-refractivity contribution in [1.82, 2.24) is 9.80 Å². The van der Waals surface area contributed by atoms with Crippen LogP contribution in [0.1, 0.15) is 17.5 Å². The number of nitro groups is 2. The zero-order valence-corrected chi connectivity index (χ0v) is 16.1. The van der Waals surface area contributed by atoms with Crippen molar-refractivity contribution in [1.29, 1.82) is 0 Å². The number of likely N-dealkylation sites (tertiary alicyclic amines) is 2. The molecule has 2 saturated heterocycles. The van der Waals surface area contributed by atoms with E-state index in [0.717, 1.165) is 50.1 Å². The van der Waals surface area contributed by atoms with E-state index in [1.807, 2.05) is 24.3 Å². The number of nitrogens with zero attached hydrogens (tertiary/aromatic N) is 4. The molecular formula is C21H24N4O4. The van der Waals surface area contributed by atoms with Gasteiger partial charge >= 0.3 is 0 Å². The van der Waals surface area contributed by atoms with E-state index in [-0.39, 0.29) is 21.2 Å². The first-order chi connectivity index (χ1) is 14.0. The number of benzene rings is 2. The minimum absolute atomic E-state index is 0.137. The van der Waals surface area contributed by atoms with Crippen molar-refractivity contribution in [2.75, 3.05) is 26.2 Å². The Kier molecular flexibility index (Phi) is 5.55. The van der Waals surface area contributed by atoms with Gasteiger partial charge in [-0.3, -0.25) is 30.0 Å². The molecule has 0 aromatic heterocycles. The SMILES string of the molecule is O=[N+]([O-])c1ccc(CCN2C[C@@H]3C[C@H]2CN3CCc2ccc([N+](=O)[O-])cc2)cc1. The summed E-state index contributed by atoms with van der Waals surface area (Å²) in [6, 6.07) is 14.9. The molecule has 0 spiro atoms. The third kappa shape index (κ3) is 4.44. The Labute approximate surface area is 169 Å². The summed E-state index contributed by atoms with van der Waals surface area (Å²) in [6.45, 7) is 4.10. The molecule has 29 heavy (non-hydrogen) atoms. The monoisotopic (exact) mass is 396 g/mol. The molecule has 2 atom stereocenters. The first-order valence-corrected chi connectivity index (χ1v) is 9.94. The number of non-ortho nitro benzene ring substituents is 2. The van der Waals surface area contributed by atoms with Crippen molar-refractivity contribution in [3.63, 3.8) is 0 Å². The molecule has 8 heteroatoms. The molecule has 0 unspecified atom stereocenters. The lowest BCUT2D eigenvalue weighted by Crippen LogP contribution is -2.47. The van der Waals surface area contributed by atoms with Gasteiger partial charge in [0.15, 0.2) is 0 Å². The molecule has 2 fully saturated rings. The second-order valence-corrected chi connectivity index (χ2v) is 7.88. The first-order valence-electron chi connectivity index (χ1n) is 9.94. The van der Waals surface area contributed by atoms with Crippen LogP contribution in [0.5, 0.6) is 0 Å². The van der Waals surface area contributed by atoms with Gasteiger partial charge in [0.05, 0.1) is 9.85 Å². The molecule has 0 N–H and O–H groups in total. The topological polar surface area (TPSA) is 92.8 Å². The fraction of sp³-hybridized carbons (Fsp3) is 0.429. The molecule has 4 rings (SSSR count). The maximum atomic E-state index is 10.7. The fourth-order valence-corrected chi connectivity index (χ4v) is 4.49. The average Bonchev–Trinajstić information content (AvgIpc) is 3.31. The second kappa shape index (κ2) is 8.26. The van der Waals surface area contributed by atoms with Gasteiger partial charge in [0.1, 0.15) is 0 Å². The number of fused-ring (bicyclic) bond motifs is 2. The van der Waals surface area contributed by atoms with Gasteiger partial charge in [0.25, 0.3) is 11.4 Å². The Morgan fingerprint density at radius 2 is 1.10 bits per heavy atom. The molecule has 2 aromatic carbocycles. The van der Waals surface area contributed by atoms with E-state index in [1.165, 1.54) is 6.42 Å². The summed E-state index contributed by atoms with van der Waals surface area (Å²) in [6.07, 6.45) is 3.01. The molecule has 0 aliphatic carbocycles. The van der Waals surface area contributed by atoms with Gasteiger partial charge in [-0.15, -0.1) is 0 Å². The highest BCUT2D eigenvalue weighted by atomic mass is 16.6. The van der Waals surface area contributed by atoms with E-state index in [0.29, 0.717) is 12.1 Å². The third-order valence-electron chi connectivity index (χ3n) is 6.14. The second-order valence-electron chi connectivity index (χ2n) is 7.88. The van der Waals surface area contributed by atoms with Crippen molar-refractivity contribution in [2.45, 2.75) is 31.3 Å². The van der Waals surface area contributed by atoms with Crippen LogP contribution in [-0.2, 0) is 12.8 Å². The van der Waals surface area contributed by atoms with Crippen LogP contribution >= 0.6 is 0 Å². The average molecular weight is 396 g/mol. The summed E-state index contributed by atoms with van der Waals surface area (Å²) in [7, 11) is 0. The van der Waals surface area contributed by atoms with Crippen molar-refractivity contribution in [2.24, 2.45) is 0 Å². The zero-order chi connectivity index (χ0) is 20.4. The zero-order valence-electron chi connectivity index (χ0n) is 16.1. The lowest BCUT2D eigenvalue weighted by atomic mass is 10.1. The molecule has 2 heterocycles. The molecule has 0 saturated carbocycles. The quantitative estimate of drug-likeness (QED) is 0.503. The third-order valence-corrected chi connectivity index (χ3v) is 6.14. The van der Waals surface area contributed by atoms with Gasteiger partial charge in [-0.05, 0) is 30.4 Å². The Morgan fingerprint density at radius 1 is 0.724 bits per heavy atom. The fourth-order valence-electron chi connectivity index (χ4n) is 4.49. The molecule has 2 aromatic rings. The van der Waals surface area contributed by atoms with Crippen molar-refractivity contribution in [3.8, 4) is 0 Å². The molecule has 2 aliphatic rings. The van der Waals surface area contributed by atoms with Gasteiger partial charge in [0.2, 0.25) is 0 Å². The van der Waals surface area contributed by atoms with E-state index >= 15 is 0 Å². The first kappa shape index (κ1) is 19.5. The van der Waals surface area contributed by atoms with E-state index in [4.69, 9.17) is 0 Å². The minimum atomic E-state index is -0.367. The van der Waals surface area contributed by atoms with Crippen LogP contribution in [0.2, 0.25) is 0 Å². The lowest BCUT2D eigenvalue weighted by Gasteiger charge is -2.34. The standard InChI is InChI=1S/C21H24N4O4/c26-24(27)18-5-1-16(2-6-18)9-11-22-14-21-13-20(22)15-23(21)12-10-17-3-7-19(8-4-17)25(28)29/h1-8,20-21H,9-15H2/t20-,21-/m0/s1. The van der Waals surface area contributed by atoms with Gasteiger partial charge < -0.3 is 0 Å². The summed E-state index contributed by atoms with van der Waals surface area (Å²) in [5, 5.41) is 21.5. The maximum absolute atomic E-state index is 10.7. The minimum Gasteiger partial charge on any atom is -0.297 e. The summed E-state index contributed by atoms with van der Waals surface area (Å²) in [5.74, 6) is 0. The Balaban J connectivity index is 1.23. The number of rotatable bonds is 8. The number of hydrogen-bond donors (Lipinski definition) is 0. The highest BCUT2D eigenvalue weighted by Gasteiger charge is 2.42. The predicted octanol–water partition coefficient (Wildman–Crippen LogP) is 3.05. The highest BCUT2D eigenvalue weighted by molar-refractivity contribution is 5.33. The van der Waals surface area contributed by atoms with Crippen LogP contribution in [-0.4, -0.2) is 57.9 Å². The van der Waals surface area contributed by atoms with Crippen LogP contribution in [0.25, 0.3) is 0 Å². The largest absolute Gasteiger partial charge is 0.297 e. The number of hydrogen-bond acceptors (Lipinski definition) is 6. The maximum Gasteiger partial charge on any atom is 0.269 e. The van der Waals surface area contributed by atoms with Crippen molar-refractivity contribution >= 4 is 11.4 Å². The van der Waals surface area contributed by atoms with Crippen LogP contribution < -0.4 is 0 Å². The lowest BCUT2D eigenvalue weighted by molar-refractivity contribution is -0.385. The summed E-state index contributed by atoms with van der Waals surface area (Å²) in [5.41, 5.74) is 2.54. The summed E-state index contributed by atoms with van der Waals surface area (Å²) >= 11 is 0. The van der Waals surface area contributed by atoms with Crippen LogP contribution in [0.15, 0.2) is 48.5 Å². The van der Waals surface area contributed by atoms with E-state index in [9.17, 15) is 20.2 Å². The molecular weight excluding hydrogens is 372 g/mol. The van der Waals surface area contributed by atoms with Crippen LogP contribution in [0.3, 0.4) is 0 Å². The van der Waals surface area contributed by atoms with Gasteiger partial charge in [0, 0.05) is 62.5 Å². The van der Waals surface area contributed by atoms with E-state index in [1.54, 1.807) is 24.3 Å². The van der Waals surface area contributed by atoms with Crippen LogP contribution in [0.4, 0.5) is 11.4 Å². The van der Waals surface area contributed by atoms with Gasteiger partial charge in [-0.25, -0.2) is 0 Å². The molecule has 152 valence electrons. The van der Waals surface area contributed by atoms with Gasteiger partial charge in [-0.1, -0.05) is 24.3 Å². The van der Waals surface area contributed by atoms with E-state index in [2.05, 4.69) is 9.80 Å². The predicted molar refractivity (Wildman–Crippen MR) is 109 cm³/mol. The molecule has 2 bridgehead atoms. The van der Waals surface area contributed by atoms with Crippen molar-refractivity contribution in [3.05, 3.63) is 79.9 Å². The summed E-state index contributed by atoms with van der Waals surface area (Å²) in [4.78, 5) is 25.8. The van der Waals surface area contributed by atoms with E-state index < -0.39 is 0 Å². The Morgan fingerprint density at radius 3 is 1.41 bits per heavy atom. The normalized spacial score (nSPS) is 21.5. The molecule has 8 nitrogen and oxygen atoms in total. The van der Waals surface area contributed by atoms with Gasteiger partial charge in [-0.2, -0.15) is 0 Å². The molecule has 2 aliphatic heterocycles. The Bertz CT molecular complexity index is 811.